The summed E-state index contributed by atoms with van der Waals surface area (Å²) in [5.74, 6) is 1.50. The summed E-state index contributed by atoms with van der Waals surface area (Å²) < 4.78 is 18.9. The first-order valence-electron chi connectivity index (χ1n) is 9.11. The summed E-state index contributed by atoms with van der Waals surface area (Å²) in [6.07, 6.45) is 2.69. The Morgan fingerprint density at radius 2 is 1.81 bits per heavy atom. The highest BCUT2D eigenvalue weighted by molar-refractivity contribution is 5.99. The van der Waals surface area contributed by atoms with E-state index in [9.17, 15) is 0 Å². The molecule has 6 heteroatoms. The number of nitrogens with zero attached hydrogens (tertiary/aromatic N) is 2. The zero-order valence-electron chi connectivity index (χ0n) is 16.4. The highest BCUT2D eigenvalue weighted by Gasteiger charge is 2.19. The van der Waals surface area contributed by atoms with Crippen molar-refractivity contribution in [3.05, 3.63) is 41.6 Å². The van der Waals surface area contributed by atoms with Crippen molar-refractivity contribution < 1.29 is 14.2 Å². The van der Waals surface area contributed by atoms with Gasteiger partial charge in [-0.1, -0.05) is 12.1 Å². The lowest BCUT2D eigenvalue weighted by molar-refractivity contribution is 0.133. The minimum absolute atomic E-state index is 0.515. The molecule has 0 aliphatic rings. The molecule has 0 saturated heterocycles. The topological polar surface area (TPSA) is 71.5 Å². The van der Waals surface area contributed by atoms with Gasteiger partial charge in [-0.25, -0.2) is 0 Å². The van der Waals surface area contributed by atoms with Crippen LogP contribution >= 0.6 is 0 Å². The van der Waals surface area contributed by atoms with Crippen LogP contribution in [-0.4, -0.2) is 37.2 Å². The van der Waals surface area contributed by atoms with E-state index in [0.717, 1.165) is 45.5 Å². The maximum absolute atomic E-state index is 5.79. The van der Waals surface area contributed by atoms with Crippen LogP contribution in [-0.2, 0) is 24.8 Å². The average molecular weight is 369 g/mol. The van der Waals surface area contributed by atoms with Gasteiger partial charge in [0.15, 0.2) is 0 Å². The van der Waals surface area contributed by atoms with Crippen LogP contribution < -0.4 is 15.2 Å². The van der Waals surface area contributed by atoms with E-state index in [1.54, 1.807) is 14.2 Å². The van der Waals surface area contributed by atoms with Gasteiger partial charge < -0.3 is 19.9 Å². The van der Waals surface area contributed by atoms with Crippen LogP contribution in [0.3, 0.4) is 0 Å². The normalized spacial score (nSPS) is 11.1. The lowest BCUT2D eigenvalue weighted by Crippen LogP contribution is -2.05. The fraction of sp³-hybridized carbons (Fsp3) is 0.381. The zero-order chi connectivity index (χ0) is 19.4. The SMILES string of the molecule is CCOCc1cc(OC)c(-c2ccc(CCN)c3c2cnn3C)c(OC)c1. The van der Waals surface area contributed by atoms with Gasteiger partial charge in [0.1, 0.15) is 11.5 Å². The standard InChI is InChI=1S/C21H27N3O3/c1-5-27-13-14-10-18(25-3)20(19(11-14)26-4)16-7-6-15(8-9-22)21-17(16)12-23-24(21)2/h6-7,10-12H,5,8-9,13,22H2,1-4H3. The maximum atomic E-state index is 5.79. The monoisotopic (exact) mass is 369 g/mol. The van der Waals surface area contributed by atoms with Gasteiger partial charge >= 0.3 is 0 Å². The highest BCUT2D eigenvalue weighted by atomic mass is 16.5. The molecule has 27 heavy (non-hydrogen) atoms. The lowest BCUT2D eigenvalue weighted by atomic mass is 9.95. The Hall–Kier alpha value is -2.57. The third kappa shape index (κ3) is 3.63. The van der Waals surface area contributed by atoms with E-state index in [2.05, 4.69) is 17.2 Å². The molecule has 0 bridgehead atoms. The summed E-state index contributed by atoms with van der Waals surface area (Å²) in [4.78, 5) is 0. The van der Waals surface area contributed by atoms with Crippen molar-refractivity contribution in [3.63, 3.8) is 0 Å². The number of fused-ring (bicyclic) bond motifs is 1. The van der Waals surface area contributed by atoms with Crippen LogP contribution in [0.25, 0.3) is 22.0 Å². The summed E-state index contributed by atoms with van der Waals surface area (Å²) in [6.45, 7) is 3.75. The van der Waals surface area contributed by atoms with E-state index in [1.165, 1.54) is 5.56 Å². The summed E-state index contributed by atoms with van der Waals surface area (Å²) in [7, 11) is 5.30. The molecule has 0 spiro atoms. The second-order valence-electron chi connectivity index (χ2n) is 6.35. The molecule has 2 aromatic carbocycles. The molecular weight excluding hydrogens is 342 g/mol. The first kappa shape index (κ1) is 19.2. The second-order valence-corrected chi connectivity index (χ2v) is 6.35. The number of methoxy groups -OCH3 is 2. The van der Waals surface area contributed by atoms with Crippen molar-refractivity contribution in [1.82, 2.24) is 9.78 Å². The molecule has 3 aromatic rings. The largest absolute Gasteiger partial charge is 0.496 e. The third-order valence-electron chi connectivity index (χ3n) is 4.71. The van der Waals surface area contributed by atoms with E-state index in [0.29, 0.717) is 19.8 Å². The van der Waals surface area contributed by atoms with E-state index in [1.807, 2.05) is 37.0 Å². The van der Waals surface area contributed by atoms with Crippen LogP contribution in [0.2, 0.25) is 0 Å². The number of ether oxygens (including phenoxy) is 3. The fourth-order valence-electron chi connectivity index (χ4n) is 3.48. The first-order chi connectivity index (χ1) is 13.1. The predicted molar refractivity (Wildman–Crippen MR) is 107 cm³/mol. The van der Waals surface area contributed by atoms with E-state index in [-0.39, 0.29) is 0 Å². The van der Waals surface area contributed by atoms with Gasteiger partial charge in [-0.2, -0.15) is 5.10 Å². The number of aryl methyl sites for hydroxylation is 1. The molecule has 0 radical (unpaired) electrons. The lowest BCUT2D eigenvalue weighted by Gasteiger charge is -2.17. The molecule has 3 rings (SSSR count). The molecule has 1 heterocycles. The van der Waals surface area contributed by atoms with Gasteiger partial charge in [-0.15, -0.1) is 0 Å². The molecule has 1 aromatic heterocycles. The molecule has 0 aliphatic carbocycles. The van der Waals surface area contributed by atoms with Crippen molar-refractivity contribution in [2.45, 2.75) is 20.0 Å². The third-order valence-corrected chi connectivity index (χ3v) is 4.71. The minimum atomic E-state index is 0.515. The maximum Gasteiger partial charge on any atom is 0.130 e. The van der Waals surface area contributed by atoms with Gasteiger partial charge in [0.05, 0.1) is 38.1 Å². The highest BCUT2D eigenvalue weighted by Crippen LogP contribution is 2.43. The predicted octanol–water partition coefficient (Wildman–Crippen LogP) is 3.30. The van der Waals surface area contributed by atoms with E-state index >= 15 is 0 Å². The number of nitrogens with two attached hydrogens (primary N) is 1. The minimum Gasteiger partial charge on any atom is -0.496 e. The van der Waals surface area contributed by atoms with Crippen molar-refractivity contribution in [2.75, 3.05) is 27.4 Å². The Bertz CT molecular complexity index is 909. The van der Waals surface area contributed by atoms with Crippen LogP contribution in [0, 0.1) is 0 Å². The van der Waals surface area contributed by atoms with Gasteiger partial charge in [0.2, 0.25) is 0 Å². The van der Waals surface area contributed by atoms with E-state index in [4.69, 9.17) is 19.9 Å². The van der Waals surface area contributed by atoms with Crippen LogP contribution in [0.15, 0.2) is 30.5 Å². The Morgan fingerprint density at radius 3 is 2.41 bits per heavy atom. The molecular formula is C21H27N3O3. The molecule has 0 saturated carbocycles. The number of benzene rings is 2. The van der Waals surface area contributed by atoms with E-state index < -0.39 is 0 Å². The van der Waals surface area contributed by atoms with Crippen molar-refractivity contribution in [3.8, 4) is 22.6 Å². The van der Waals surface area contributed by atoms with Crippen LogP contribution in [0.4, 0.5) is 0 Å². The van der Waals surface area contributed by atoms with Gasteiger partial charge in [0.25, 0.3) is 0 Å². The van der Waals surface area contributed by atoms with Gasteiger partial charge in [-0.05, 0) is 43.1 Å². The molecule has 2 N–H and O–H groups in total. The Balaban J connectivity index is 2.23. The summed E-state index contributed by atoms with van der Waals surface area (Å²) in [5.41, 5.74) is 11.0. The Morgan fingerprint density at radius 1 is 1.11 bits per heavy atom. The molecule has 0 fully saturated rings. The fourth-order valence-corrected chi connectivity index (χ4v) is 3.48. The number of hydrogen-bond acceptors (Lipinski definition) is 5. The second kappa shape index (κ2) is 8.41. The smallest absolute Gasteiger partial charge is 0.130 e. The van der Waals surface area contributed by atoms with Gasteiger partial charge in [-0.3, -0.25) is 4.68 Å². The molecule has 0 aliphatic heterocycles. The molecule has 6 nitrogen and oxygen atoms in total. The molecule has 0 amide bonds. The quantitative estimate of drug-likeness (QED) is 0.660. The van der Waals surface area contributed by atoms with Gasteiger partial charge in [0, 0.05) is 24.6 Å². The van der Waals surface area contributed by atoms with Crippen molar-refractivity contribution >= 4 is 10.9 Å². The summed E-state index contributed by atoms with van der Waals surface area (Å²) >= 11 is 0. The Labute approximate surface area is 159 Å². The Kier molecular flexibility index (Phi) is 5.98. The average Bonchev–Trinajstić information content (AvgIpc) is 3.08. The zero-order valence-corrected chi connectivity index (χ0v) is 16.4. The molecule has 144 valence electrons. The number of aromatic nitrogens is 2. The van der Waals surface area contributed by atoms with Crippen LogP contribution in [0.5, 0.6) is 11.5 Å². The summed E-state index contributed by atoms with van der Waals surface area (Å²) in [6, 6.07) is 8.21. The first-order valence-corrected chi connectivity index (χ1v) is 9.11. The van der Waals surface area contributed by atoms with Crippen LogP contribution in [0.1, 0.15) is 18.1 Å². The number of rotatable bonds is 8. The van der Waals surface area contributed by atoms with Crippen molar-refractivity contribution in [2.24, 2.45) is 12.8 Å². The summed E-state index contributed by atoms with van der Waals surface area (Å²) in [5, 5.41) is 5.52. The number of hydrogen-bond donors (Lipinski definition) is 1. The molecule has 0 unspecified atom stereocenters. The van der Waals surface area contributed by atoms with Crippen molar-refractivity contribution in [1.29, 1.82) is 0 Å². The molecule has 0 atom stereocenters.